The lowest BCUT2D eigenvalue weighted by molar-refractivity contribution is -0.0979. The van der Waals surface area contributed by atoms with Crippen LogP contribution >= 0.6 is 0 Å². The zero-order valence-corrected chi connectivity index (χ0v) is 9.89. The van der Waals surface area contributed by atoms with Gasteiger partial charge in [0, 0.05) is 6.07 Å². The number of rotatable bonds is 0. The second kappa shape index (κ2) is 8.06. The predicted molar refractivity (Wildman–Crippen MR) is 70.0 cm³/mol. The second-order valence-electron chi connectivity index (χ2n) is 2.93. The fourth-order valence-corrected chi connectivity index (χ4v) is 0.920. The summed E-state index contributed by atoms with van der Waals surface area (Å²) in [4.78, 5) is 18.5. The lowest BCUT2D eigenvalue weighted by Crippen LogP contribution is -2.05. The molecule has 0 saturated heterocycles. The topological polar surface area (TPSA) is 174 Å². The fourth-order valence-electron chi connectivity index (χ4n) is 0.920. The van der Waals surface area contributed by atoms with Gasteiger partial charge in [0.1, 0.15) is 18.3 Å². The number of nitrogen functional groups attached to an aromatic ring is 3. The summed E-state index contributed by atoms with van der Waals surface area (Å²) in [5, 5.41) is 17.3. The van der Waals surface area contributed by atoms with Crippen LogP contribution in [0.3, 0.4) is 0 Å². The van der Waals surface area contributed by atoms with E-state index in [2.05, 4.69) is 15.0 Å². The van der Waals surface area contributed by atoms with Gasteiger partial charge >= 0.3 is 0 Å². The predicted octanol–water partition coefficient (Wildman–Crippen LogP) is -0.469. The number of aromatic nitrogens is 3. The molecule has 1 aromatic carbocycles. The maximum absolute atomic E-state index is 8.65. The highest BCUT2D eigenvalue weighted by Gasteiger charge is 1.93. The maximum atomic E-state index is 8.65. The van der Waals surface area contributed by atoms with Gasteiger partial charge in [-0.25, -0.2) is 0 Å². The van der Waals surface area contributed by atoms with Crippen LogP contribution in [0.5, 0.6) is 11.5 Å². The minimum absolute atomic E-state index is 0.0417. The molecule has 0 atom stereocenters. The average molecular weight is 266 g/mol. The van der Waals surface area contributed by atoms with Crippen LogP contribution in [0.15, 0.2) is 24.3 Å². The van der Waals surface area contributed by atoms with Crippen LogP contribution in [-0.4, -0.2) is 32.0 Å². The molecular weight excluding hydrogens is 252 g/mol. The SMILES string of the molecule is C=O.Nc1nc(N)nc(N)n1.Oc1cccc(O)c1. The molecular formula is C10H14N6O3. The van der Waals surface area contributed by atoms with Crippen LogP contribution in [-0.2, 0) is 4.79 Å². The number of anilines is 3. The van der Waals surface area contributed by atoms with Crippen molar-refractivity contribution in [3.8, 4) is 11.5 Å². The van der Waals surface area contributed by atoms with Crippen molar-refractivity contribution in [1.82, 2.24) is 15.0 Å². The average Bonchev–Trinajstić information content (AvgIpc) is 2.30. The molecule has 1 heterocycles. The fraction of sp³-hybridized carbons (Fsp3) is 0. The Hall–Kier alpha value is -3.10. The number of phenols is 2. The molecule has 2 aromatic rings. The smallest absolute Gasteiger partial charge is 0.226 e. The number of phenolic OH excluding ortho intramolecular Hbond substituents is 2. The zero-order valence-electron chi connectivity index (χ0n) is 9.89. The monoisotopic (exact) mass is 266 g/mol. The van der Waals surface area contributed by atoms with Gasteiger partial charge < -0.3 is 32.2 Å². The standard InChI is InChI=1S/C6H6O2.C3H6N6.CH2O/c7-5-2-1-3-6(8)4-5;4-1-7-2(5)9-3(6)8-1;1-2/h1-4,7-8H;(H6,4,5,6,7,8,9);1H2. The Labute approximate surface area is 108 Å². The summed E-state index contributed by atoms with van der Waals surface area (Å²) in [6, 6.07) is 5.85. The maximum Gasteiger partial charge on any atom is 0.226 e. The van der Waals surface area contributed by atoms with E-state index in [1.807, 2.05) is 6.79 Å². The van der Waals surface area contributed by atoms with E-state index in [0.717, 1.165) is 0 Å². The number of carbonyl (C=O) groups excluding carboxylic acids is 1. The van der Waals surface area contributed by atoms with Crippen molar-refractivity contribution in [2.75, 3.05) is 17.2 Å². The number of nitrogens with two attached hydrogens (primary N) is 3. The quantitative estimate of drug-likeness (QED) is 0.422. The third-order valence-electron chi connectivity index (χ3n) is 1.52. The van der Waals surface area contributed by atoms with Gasteiger partial charge in [-0.05, 0) is 12.1 Å². The van der Waals surface area contributed by atoms with Gasteiger partial charge in [-0.15, -0.1) is 0 Å². The van der Waals surface area contributed by atoms with Crippen LogP contribution in [0.1, 0.15) is 0 Å². The third kappa shape index (κ3) is 6.94. The normalized spacial score (nSPS) is 8.42. The number of hydrogen-bond donors (Lipinski definition) is 5. The van der Waals surface area contributed by atoms with Crippen molar-refractivity contribution in [2.45, 2.75) is 0 Å². The third-order valence-corrected chi connectivity index (χ3v) is 1.52. The van der Waals surface area contributed by atoms with Gasteiger partial charge in [0.05, 0.1) is 0 Å². The first-order valence-electron chi connectivity index (χ1n) is 4.76. The van der Waals surface area contributed by atoms with Gasteiger partial charge in [0.25, 0.3) is 0 Å². The molecule has 102 valence electrons. The van der Waals surface area contributed by atoms with E-state index >= 15 is 0 Å². The molecule has 1 aromatic heterocycles. The molecule has 0 fully saturated rings. The lowest BCUT2D eigenvalue weighted by Gasteiger charge is -1.93. The van der Waals surface area contributed by atoms with Crippen LogP contribution in [0.2, 0.25) is 0 Å². The van der Waals surface area contributed by atoms with Crippen molar-refractivity contribution >= 4 is 24.6 Å². The summed E-state index contributed by atoms with van der Waals surface area (Å²) in [6.45, 7) is 2.00. The Morgan fingerprint density at radius 1 is 0.842 bits per heavy atom. The van der Waals surface area contributed by atoms with Crippen molar-refractivity contribution in [2.24, 2.45) is 0 Å². The van der Waals surface area contributed by atoms with E-state index in [0.29, 0.717) is 0 Å². The summed E-state index contributed by atoms with van der Waals surface area (Å²) >= 11 is 0. The molecule has 0 bridgehead atoms. The molecule has 0 aliphatic carbocycles. The highest BCUT2D eigenvalue weighted by atomic mass is 16.3. The summed E-state index contributed by atoms with van der Waals surface area (Å²) in [6.07, 6.45) is 0. The highest BCUT2D eigenvalue weighted by Crippen LogP contribution is 2.14. The molecule has 0 spiro atoms. The van der Waals surface area contributed by atoms with E-state index in [-0.39, 0.29) is 29.3 Å². The van der Waals surface area contributed by atoms with E-state index in [9.17, 15) is 0 Å². The van der Waals surface area contributed by atoms with Gasteiger partial charge in [-0.2, -0.15) is 15.0 Å². The summed E-state index contributed by atoms with van der Waals surface area (Å²) < 4.78 is 0. The Morgan fingerprint density at radius 3 is 1.37 bits per heavy atom. The first-order chi connectivity index (χ1) is 8.97. The van der Waals surface area contributed by atoms with Crippen molar-refractivity contribution in [3.05, 3.63) is 24.3 Å². The van der Waals surface area contributed by atoms with Crippen molar-refractivity contribution < 1.29 is 15.0 Å². The molecule has 0 aliphatic heterocycles. The molecule has 0 amide bonds. The minimum Gasteiger partial charge on any atom is -0.508 e. The molecule has 0 aliphatic rings. The zero-order chi connectivity index (χ0) is 14.8. The Morgan fingerprint density at radius 2 is 1.16 bits per heavy atom. The Bertz CT molecular complexity index is 455. The van der Waals surface area contributed by atoms with Gasteiger partial charge in [0.15, 0.2) is 0 Å². The van der Waals surface area contributed by atoms with E-state index in [4.69, 9.17) is 32.2 Å². The highest BCUT2D eigenvalue weighted by molar-refractivity contribution is 5.33. The summed E-state index contributed by atoms with van der Waals surface area (Å²) in [5.74, 6) is 0.301. The lowest BCUT2D eigenvalue weighted by atomic mass is 10.3. The Balaban J connectivity index is 0.000000303. The van der Waals surface area contributed by atoms with Gasteiger partial charge in [0.2, 0.25) is 17.8 Å². The minimum atomic E-state index is 0.0417. The van der Waals surface area contributed by atoms with Crippen molar-refractivity contribution in [3.63, 3.8) is 0 Å². The molecule has 2 rings (SSSR count). The van der Waals surface area contributed by atoms with E-state index < -0.39 is 0 Å². The van der Waals surface area contributed by atoms with Crippen LogP contribution < -0.4 is 17.2 Å². The van der Waals surface area contributed by atoms with Crippen LogP contribution in [0, 0.1) is 0 Å². The Kier molecular flexibility index (Phi) is 6.74. The molecule has 0 unspecified atom stereocenters. The number of aromatic hydroxyl groups is 2. The van der Waals surface area contributed by atoms with E-state index in [1.165, 1.54) is 18.2 Å². The first-order valence-corrected chi connectivity index (χ1v) is 4.76. The number of hydrogen-bond acceptors (Lipinski definition) is 9. The largest absolute Gasteiger partial charge is 0.508 e. The van der Waals surface area contributed by atoms with E-state index in [1.54, 1.807) is 6.07 Å². The van der Waals surface area contributed by atoms with Crippen LogP contribution in [0.4, 0.5) is 17.8 Å². The van der Waals surface area contributed by atoms with Gasteiger partial charge in [-0.3, -0.25) is 0 Å². The molecule has 8 N–H and O–H groups in total. The second-order valence-corrected chi connectivity index (χ2v) is 2.93. The molecule has 0 radical (unpaired) electrons. The molecule has 9 heteroatoms. The number of benzene rings is 1. The van der Waals surface area contributed by atoms with Crippen LogP contribution in [0.25, 0.3) is 0 Å². The molecule has 9 nitrogen and oxygen atoms in total. The summed E-state index contributed by atoms with van der Waals surface area (Å²) in [5.41, 5.74) is 15.4. The summed E-state index contributed by atoms with van der Waals surface area (Å²) in [7, 11) is 0. The first kappa shape index (κ1) is 15.9. The number of nitrogens with zero attached hydrogens (tertiary/aromatic N) is 3. The molecule has 0 saturated carbocycles. The molecule has 19 heavy (non-hydrogen) atoms. The van der Waals surface area contributed by atoms with Gasteiger partial charge in [-0.1, -0.05) is 6.07 Å². The number of carbonyl (C=O) groups is 1. The van der Waals surface area contributed by atoms with Crippen molar-refractivity contribution in [1.29, 1.82) is 0 Å².